The van der Waals surface area contributed by atoms with Crippen molar-refractivity contribution in [3.8, 4) is 0 Å². The molecule has 1 aromatic heterocycles. The van der Waals surface area contributed by atoms with Gasteiger partial charge < -0.3 is 5.32 Å². The minimum atomic E-state index is -3.48. The zero-order valence-corrected chi connectivity index (χ0v) is 11.3. The number of nitrogens with one attached hydrogen (secondary N) is 2. The third-order valence-electron chi connectivity index (χ3n) is 3.10. The predicted octanol–water partition coefficient (Wildman–Crippen LogP) is 0.810. The van der Waals surface area contributed by atoms with E-state index in [0.717, 1.165) is 24.9 Å². The van der Waals surface area contributed by atoms with E-state index in [0.29, 0.717) is 6.54 Å². The monoisotopic (exact) mass is 269 g/mol. The van der Waals surface area contributed by atoms with Crippen LogP contribution >= 0.6 is 0 Å². The molecule has 0 amide bonds. The van der Waals surface area contributed by atoms with E-state index in [1.165, 1.54) is 12.6 Å². The van der Waals surface area contributed by atoms with Crippen LogP contribution in [0, 0.1) is 6.92 Å². The van der Waals surface area contributed by atoms with Crippen molar-refractivity contribution in [3.05, 3.63) is 23.9 Å². The van der Waals surface area contributed by atoms with Gasteiger partial charge in [0, 0.05) is 18.8 Å². The maximum atomic E-state index is 12.0. The Bertz CT molecular complexity index is 496. The standard InChI is InChI=1S/C12H19N3O2S/c1-10-5-7-14-12(8-10)18(16,17)15-9-11-4-2-3-6-13-11/h5,7-8,11,13,15H,2-4,6,9H2,1H3. The first-order valence-electron chi connectivity index (χ1n) is 6.24. The molecule has 2 rings (SSSR count). The highest BCUT2D eigenvalue weighted by Crippen LogP contribution is 2.09. The van der Waals surface area contributed by atoms with Gasteiger partial charge in [-0.1, -0.05) is 6.42 Å². The highest BCUT2D eigenvalue weighted by molar-refractivity contribution is 7.89. The minimum Gasteiger partial charge on any atom is -0.313 e. The Morgan fingerprint density at radius 3 is 3.00 bits per heavy atom. The summed E-state index contributed by atoms with van der Waals surface area (Å²) < 4.78 is 26.7. The number of aromatic nitrogens is 1. The van der Waals surface area contributed by atoms with E-state index in [1.54, 1.807) is 12.1 Å². The third kappa shape index (κ3) is 3.51. The SMILES string of the molecule is Cc1ccnc(S(=O)(=O)NCC2CCCCN2)c1. The molecule has 5 nitrogen and oxygen atoms in total. The van der Waals surface area contributed by atoms with E-state index in [9.17, 15) is 8.42 Å². The Labute approximate surface area is 108 Å². The fourth-order valence-corrected chi connectivity index (χ4v) is 3.15. The van der Waals surface area contributed by atoms with Crippen LogP contribution in [0.25, 0.3) is 0 Å². The summed E-state index contributed by atoms with van der Waals surface area (Å²) in [5.74, 6) is 0. The third-order valence-corrected chi connectivity index (χ3v) is 4.42. The van der Waals surface area contributed by atoms with Crippen LogP contribution in [0.2, 0.25) is 0 Å². The second-order valence-corrected chi connectivity index (χ2v) is 6.38. The van der Waals surface area contributed by atoms with E-state index in [4.69, 9.17) is 0 Å². The van der Waals surface area contributed by atoms with Gasteiger partial charge in [-0.3, -0.25) is 0 Å². The van der Waals surface area contributed by atoms with Crippen molar-refractivity contribution < 1.29 is 8.42 Å². The number of nitrogens with zero attached hydrogens (tertiary/aromatic N) is 1. The minimum absolute atomic E-state index is 0.0957. The first-order chi connectivity index (χ1) is 8.58. The number of pyridine rings is 1. The van der Waals surface area contributed by atoms with Crippen LogP contribution in [0.3, 0.4) is 0 Å². The molecule has 1 unspecified atom stereocenters. The van der Waals surface area contributed by atoms with Crippen molar-refractivity contribution in [2.75, 3.05) is 13.1 Å². The highest BCUT2D eigenvalue weighted by atomic mass is 32.2. The van der Waals surface area contributed by atoms with Crippen LogP contribution in [0.15, 0.2) is 23.4 Å². The molecular formula is C12H19N3O2S. The first kappa shape index (κ1) is 13.5. The number of piperidine rings is 1. The number of aryl methyl sites for hydroxylation is 1. The Hall–Kier alpha value is -0.980. The molecule has 100 valence electrons. The zero-order valence-electron chi connectivity index (χ0n) is 10.5. The lowest BCUT2D eigenvalue weighted by Crippen LogP contribution is -2.43. The van der Waals surface area contributed by atoms with E-state index in [1.807, 2.05) is 6.92 Å². The molecule has 1 aliphatic heterocycles. The molecule has 0 bridgehead atoms. The lowest BCUT2D eigenvalue weighted by Gasteiger charge is -2.23. The molecule has 1 fully saturated rings. The Kier molecular flexibility index (Phi) is 4.31. The van der Waals surface area contributed by atoms with Crippen molar-refractivity contribution in [1.29, 1.82) is 0 Å². The molecule has 0 radical (unpaired) electrons. The summed E-state index contributed by atoms with van der Waals surface area (Å²) in [6.07, 6.45) is 4.86. The number of sulfonamides is 1. The Balaban J connectivity index is 1.98. The van der Waals surface area contributed by atoms with Gasteiger partial charge in [0.15, 0.2) is 5.03 Å². The van der Waals surface area contributed by atoms with Gasteiger partial charge in [-0.2, -0.15) is 0 Å². The van der Waals surface area contributed by atoms with E-state index >= 15 is 0 Å². The van der Waals surface area contributed by atoms with Gasteiger partial charge in [-0.25, -0.2) is 18.1 Å². The molecule has 2 N–H and O–H groups in total. The van der Waals surface area contributed by atoms with E-state index in [-0.39, 0.29) is 11.1 Å². The number of hydrogen-bond acceptors (Lipinski definition) is 4. The van der Waals surface area contributed by atoms with Crippen LogP contribution in [0.4, 0.5) is 0 Å². The quantitative estimate of drug-likeness (QED) is 0.848. The van der Waals surface area contributed by atoms with Gasteiger partial charge in [-0.15, -0.1) is 0 Å². The topological polar surface area (TPSA) is 71.1 Å². The lowest BCUT2D eigenvalue weighted by molar-refractivity contribution is 0.398. The largest absolute Gasteiger partial charge is 0.313 e. The molecule has 1 atom stereocenters. The maximum Gasteiger partial charge on any atom is 0.258 e. The van der Waals surface area contributed by atoms with Gasteiger partial charge in [0.2, 0.25) is 0 Å². The molecule has 18 heavy (non-hydrogen) atoms. The van der Waals surface area contributed by atoms with Gasteiger partial charge in [0.1, 0.15) is 0 Å². The molecule has 1 aromatic rings. The molecule has 0 aromatic carbocycles. The second kappa shape index (κ2) is 5.77. The maximum absolute atomic E-state index is 12.0. The predicted molar refractivity (Wildman–Crippen MR) is 69.8 cm³/mol. The first-order valence-corrected chi connectivity index (χ1v) is 7.72. The van der Waals surface area contributed by atoms with Crippen LogP contribution < -0.4 is 10.0 Å². The normalized spacial score (nSPS) is 20.8. The summed E-state index contributed by atoms with van der Waals surface area (Å²) in [5.41, 5.74) is 0.890. The Morgan fingerprint density at radius 1 is 1.50 bits per heavy atom. The summed E-state index contributed by atoms with van der Waals surface area (Å²) in [4.78, 5) is 3.90. The molecule has 0 saturated carbocycles. The van der Waals surface area contributed by atoms with Crippen LogP contribution in [0.5, 0.6) is 0 Å². The average molecular weight is 269 g/mol. The van der Waals surface area contributed by atoms with Crippen LogP contribution in [0.1, 0.15) is 24.8 Å². The second-order valence-electron chi connectivity index (χ2n) is 4.67. The summed E-state index contributed by atoms with van der Waals surface area (Å²) in [7, 11) is -3.48. The fourth-order valence-electron chi connectivity index (χ4n) is 2.04. The molecular weight excluding hydrogens is 250 g/mol. The molecule has 2 heterocycles. The molecule has 6 heteroatoms. The van der Waals surface area contributed by atoms with Crippen molar-refractivity contribution in [3.63, 3.8) is 0 Å². The Morgan fingerprint density at radius 2 is 2.33 bits per heavy atom. The lowest BCUT2D eigenvalue weighted by atomic mass is 10.1. The molecule has 0 spiro atoms. The highest BCUT2D eigenvalue weighted by Gasteiger charge is 2.19. The van der Waals surface area contributed by atoms with Gasteiger partial charge in [-0.05, 0) is 44.0 Å². The number of rotatable bonds is 4. The van der Waals surface area contributed by atoms with Crippen molar-refractivity contribution in [2.24, 2.45) is 0 Å². The fraction of sp³-hybridized carbons (Fsp3) is 0.583. The van der Waals surface area contributed by atoms with Gasteiger partial charge >= 0.3 is 0 Å². The summed E-state index contributed by atoms with van der Waals surface area (Å²) >= 11 is 0. The van der Waals surface area contributed by atoms with E-state index in [2.05, 4.69) is 15.0 Å². The van der Waals surface area contributed by atoms with Crippen LogP contribution in [-0.4, -0.2) is 32.5 Å². The van der Waals surface area contributed by atoms with Gasteiger partial charge in [0.05, 0.1) is 0 Å². The van der Waals surface area contributed by atoms with Crippen LogP contribution in [-0.2, 0) is 10.0 Å². The summed E-state index contributed by atoms with van der Waals surface area (Å²) in [6.45, 7) is 3.25. The summed E-state index contributed by atoms with van der Waals surface area (Å²) in [6, 6.07) is 3.59. The van der Waals surface area contributed by atoms with Crippen molar-refractivity contribution >= 4 is 10.0 Å². The number of hydrogen-bond donors (Lipinski definition) is 2. The molecule has 0 aliphatic carbocycles. The average Bonchev–Trinajstić information content (AvgIpc) is 2.38. The smallest absolute Gasteiger partial charge is 0.258 e. The zero-order chi connectivity index (χ0) is 13.0. The van der Waals surface area contributed by atoms with Crippen molar-refractivity contribution in [2.45, 2.75) is 37.3 Å². The van der Waals surface area contributed by atoms with Crippen molar-refractivity contribution in [1.82, 2.24) is 15.0 Å². The van der Waals surface area contributed by atoms with E-state index < -0.39 is 10.0 Å². The summed E-state index contributed by atoms with van der Waals surface area (Å²) in [5, 5.41) is 3.40. The van der Waals surface area contributed by atoms with Gasteiger partial charge in [0.25, 0.3) is 10.0 Å². The molecule has 1 aliphatic rings. The molecule has 1 saturated heterocycles.